The van der Waals surface area contributed by atoms with Crippen LogP contribution in [0.1, 0.15) is 34.6 Å². The summed E-state index contributed by atoms with van der Waals surface area (Å²) in [5.41, 5.74) is 0.963. The van der Waals surface area contributed by atoms with E-state index in [0.29, 0.717) is 11.1 Å². The molecule has 0 atom stereocenters. The molecule has 0 unspecified atom stereocenters. The number of carbonyl (C=O) groups is 2. The van der Waals surface area contributed by atoms with Gasteiger partial charge in [-0.15, -0.1) is 0 Å². The maximum Gasteiger partial charge on any atom is 0.269 e. The van der Waals surface area contributed by atoms with Gasteiger partial charge in [-0.2, -0.15) is 0 Å². The van der Waals surface area contributed by atoms with Crippen molar-refractivity contribution in [2.45, 2.75) is 20.0 Å². The molecule has 2 radical (unpaired) electrons. The second-order valence-electron chi connectivity index (χ2n) is 4.20. The number of carbonyl (C=O) groups excluding carboxylic acids is 2. The monoisotopic (exact) mass is 247 g/mol. The van der Waals surface area contributed by atoms with Crippen molar-refractivity contribution in [1.82, 2.24) is 4.90 Å². The van der Waals surface area contributed by atoms with Crippen LogP contribution < -0.4 is 5.19 Å². The number of rotatable bonds is 3. The van der Waals surface area contributed by atoms with Gasteiger partial charge in [-0.3, -0.25) is 14.5 Å². The lowest BCUT2D eigenvalue weighted by Gasteiger charge is -2.06. The molecule has 1 aliphatic heterocycles. The SMILES string of the molecule is CC(C)O[Si]c1ccc2c(c1)C(=O)N(C)C2=O. The molecule has 2 rings (SSSR count). The minimum atomic E-state index is -0.235. The van der Waals surface area contributed by atoms with E-state index in [1.54, 1.807) is 12.1 Å². The van der Waals surface area contributed by atoms with Gasteiger partial charge in [-0.25, -0.2) is 0 Å². The lowest BCUT2D eigenvalue weighted by molar-refractivity contribution is 0.0693. The molecule has 1 aromatic rings. The van der Waals surface area contributed by atoms with Crippen LogP contribution in [0.5, 0.6) is 0 Å². The van der Waals surface area contributed by atoms with Gasteiger partial charge in [0.05, 0.1) is 11.1 Å². The minimum Gasteiger partial charge on any atom is -0.409 e. The van der Waals surface area contributed by atoms with Crippen molar-refractivity contribution in [2.24, 2.45) is 0 Å². The van der Waals surface area contributed by atoms with Gasteiger partial charge in [0, 0.05) is 13.2 Å². The van der Waals surface area contributed by atoms with E-state index in [9.17, 15) is 9.59 Å². The van der Waals surface area contributed by atoms with Gasteiger partial charge in [0.1, 0.15) is 0 Å². The molecule has 88 valence electrons. The first kappa shape index (κ1) is 12.0. The summed E-state index contributed by atoms with van der Waals surface area (Å²) in [5.74, 6) is -0.467. The molecule has 1 aliphatic rings. The largest absolute Gasteiger partial charge is 0.409 e. The zero-order valence-electron chi connectivity index (χ0n) is 9.98. The van der Waals surface area contributed by atoms with Gasteiger partial charge in [0.2, 0.25) is 0 Å². The maximum absolute atomic E-state index is 11.8. The van der Waals surface area contributed by atoms with E-state index in [0.717, 1.165) is 10.1 Å². The molecular formula is C12H13NO3Si. The highest BCUT2D eigenvalue weighted by Gasteiger charge is 2.32. The van der Waals surface area contributed by atoms with Gasteiger partial charge in [-0.1, -0.05) is 6.07 Å². The Bertz CT molecular complexity index is 485. The number of hydrogen-bond donors (Lipinski definition) is 0. The second kappa shape index (κ2) is 4.42. The molecule has 2 amide bonds. The molecule has 5 heteroatoms. The number of imide groups is 1. The van der Waals surface area contributed by atoms with E-state index in [2.05, 4.69) is 0 Å². The fraction of sp³-hybridized carbons (Fsp3) is 0.333. The Morgan fingerprint density at radius 3 is 2.47 bits per heavy atom. The Hall–Kier alpha value is -1.46. The van der Waals surface area contributed by atoms with Crippen molar-refractivity contribution in [1.29, 1.82) is 0 Å². The van der Waals surface area contributed by atoms with Crippen LogP contribution in [0.4, 0.5) is 0 Å². The van der Waals surface area contributed by atoms with Crippen LogP contribution in [0.3, 0.4) is 0 Å². The molecule has 0 spiro atoms. The minimum absolute atomic E-state index is 0.154. The summed E-state index contributed by atoms with van der Waals surface area (Å²) in [7, 11) is 1.70. The highest BCUT2D eigenvalue weighted by Crippen LogP contribution is 2.19. The topological polar surface area (TPSA) is 46.6 Å². The lowest BCUT2D eigenvalue weighted by atomic mass is 10.1. The predicted molar refractivity (Wildman–Crippen MR) is 64.5 cm³/mol. The van der Waals surface area contributed by atoms with Crippen LogP contribution in [0, 0.1) is 0 Å². The van der Waals surface area contributed by atoms with Crippen molar-refractivity contribution < 1.29 is 14.0 Å². The van der Waals surface area contributed by atoms with Gasteiger partial charge in [0.25, 0.3) is 21.6 Å². The standard InChI is InChI=1S/C12H13NO3Si/c1-7(2)16-17-8-4-5-9-10(6-8)12(15)13(3)11(9)14/h4-7H,1-3H3. The molecule has 0 fully saturated rings. The van der Waals surface area contributed by atoms with Crippen LogP contribution in [-0.4, -0.2) is 39.6 Å². The van der Waals surface area contributed by atoms with Crippen molar-refractivity contribution in [3.05, 3.63) is 29.3 Å². The number of fused-ring (bicyclic) bond motifs is 1. The summed E-state index contributed by atoms with van der Waals surface area (Å²) in [6.45, 7) is 3.92. The average Bonchev–Trinajstić information content (AvgIpc) is 2.52. The molecule has 0 aromatic heterocycles. The molecule has 1 aromatic carbocycles. The van der Waals surface area contributed by atoms with Crippen molar-refractivity contribution in [3.63, 3.8) is 0 Å². The Morgan fingerprint density at radius 2 is 1.82 bits per heavy atom. The molecule has 0 N–H and O–H groups in total. The molecule has 4 nitrogen and oxygen atoms in total. The molecule has 0 aliphatic carbocycles. The first-order valence-electron chi connectivity index (χ1n) is 5.39. The number of hydrogen-bond acceptors (Lipinski definition) is 3. The molecule has 1 heterocycles. The third-order valence-corrected chi connectivity index (χ3v) is 3.64. The van der Waals surface area contributed by atoms with Gasteiger partial charge in [0.15, 0.2) is 0 Å². The molecule has 0 saturated carbocycles. The normalized spacial score (nSPS) is 14.7. The van der Waals surface area contributed by atoms with Crippen LogP contribution >= 0.6 is 0 Å². The second-order valence-corrected chi connectivity index (χ2v) is 5.22. The number of amides is 2. The van der Waals surface area contributed by atoms with Gasteiger partial charge < -0.3 is 4.43 Å². The Morgan fingerprint density at radius 1 is 1.18 bits per heavy atom. The summed E-state index contributed by atoms with van der Waals surface area (Å²) >= 11 is 0. The van der Waals surface area contributed by atoms with Crippen LogP contribution in [-0.2, 0) is 4.43 Å². The Balaban J connectivity index is 2.27. The highest BCUT2D eigenvalue weighted by atomic mass is 28.2. The van der Waals surface area contributed by atoms with Crippen molar-refractivity contribution in [2.75, 3.05) is 7.05 Å². The van der Waals surface area contributed by atoms with E-state index in [4.69, 9.17) is 4.43 Å². The van der Waals surface area contributed by atoms with E-state index in [1.807, 2.05) is 19.9 Å². The molecular weight excluding hydrogens is 234 g/mol. The van der Waals surface area contributed by atoms with E-state index >= 15 is 0 Å². The van der Waals surface area contributed by atoms with E-state index in [1.165, 1.54) is 7.05 Å². The first-order chi connectivity index (χ1) is 8.00. The Kier molecular flexibility index (Phi) is 3.12. The quantitative estimate of drug-likeness (QED) is 0.580. The number of nitrogens with zero attached hydrogens (tertiary/aromatic N) is 1. The van der Waals surface area contributed by atoms with Crippen molar-refractivity contribution in [3.8, 4) is 0 Å². The van der Waals surface area contributed by atoms with Gasteiger partial charge >= 0.3 is 0 Å². The van der Waals surface area contributed by atoms with Crippen LogP contribution in [0.25, 0.3) is 0 Å². The van der Waals surface area contributed by atoms with E-state index in [-0.39, 0.29) is 27.7 Å². The Labute approximate surface area is 103 Å². The summed E-state index contributed by atoms with van der Waals surface area (Å²) < 4.78 is 5.49. The van der Waals surface area contributed by atoms with Crippen LogP contribution in [0.2, 0.25) is 0 Å². The predicted octanol–water partition coefficient (Wildman–Crippen LogP) is 0.582. The highest BCUT2D eigenvalue weighted by molar-refractivity contribution is 6.47. The fourth-order valence-corrected chi connectivity index (χ4v) is 2.34. The lowest BCUT2D eigenvalue weighted by Crippen LogP contribution is -2.24. The van der Waals surface area contributed by atoms with Crippen LogP contribution in [0.15, 0.2) is 18.2 Å². The number of benzene rings is 1. The first-order valence-corrected chi connectivity index (χ1v) is 6.29. The average molecular weight is 247 g/mol. The van der Waals surface area contributed by atoms with E-state index < -0.39 is 0 Å². The van der Waals surface area contributed by atoms with Gasteiger partial charge in [-0.05, 0) is 31.2 Å². The zero-order valence-corrected chi connectivity index (χ0v) is 11.0. The fourth-order valence-electron chi connectivity index (χ4n) is 1.61. The third-order valence-electron chi connectivity index (χ3n) is 2.50. The summed E-state index contributed by atoms with van der Waals surface area (Å²) in [6, 6.07) is 5.29. The summed E-state index contributed by atoms with van der Waals surface area (Å²) in [4.78, 5) is 24.6. The summed E-state index contributed by atoms with van der Waals surface area (Å²) in [6.07, 6.45) is 0.154. The zero-order chi connectivity index (χ0) is 12.6. The maximum atomic E-state index is 11.8. The molecule has 0 saturated heterocycles. The third kappa shape index (κ3) is 2.16. The molecule has 17 heavy (non-hydrogen) atoms. The van der Waals surface area contributed by atoms with Crippen molar-refractivity contribution >= 4 is 26.8 Å². The summed E-state index contributed by atoms with van der Waals surface area (Å²) in [5, 5.41) is 0.939. The molecule has 0 bridgehead atoms. The smallest absolute Gasteiger partial charge is 0.269 e.